The Morgan fingerprint density at radius 1 is 0.944 bits per heavy atom. The maximum atomic E-state index is 12.3. The standard InChI is InChI=1S/C14H9Cl3O/c1-8-2-7-11(16)12(13(8)17)14(18)9-3-5-10(15)6-4-9/h2-7H,1H3. The van der Waals surface area contributed by atoms with Gasteiger partial charge in [-0.25, -0.2) is 0 Å². The van der Waals surface area contributed by atoms with E-state index >= 15 is 0 Å². The second-order valence-electron chi connectivity index (χ2n) is 3.89. The first-order chi connectivity index (χ1) is 8.50. The topological polar surface area (TPSA) is 17.1 Å². The summed E-state index contributed by atoms with van der Waals surface area (Å²) in [6, 6.07) is 10.1. The van der Waals surface area contributed by atoms with Gasteiger partial charge in [-0.05, 0) is 42.8 Å². The molecule has 1 nitrogen and oxygen atoms in total. The van der Waals surface area contributed by atoms with Crippen LogP contribution in [0.2, 0.25) is 15.1 Å². The van der Waals surface area contributed by atoms with Gasteiger partial charge in [0, 0.05) is 10.6 Å². The number of halogens is 3. The molecule has 0 saturated heterocycles. The van der Waals surface area contributed by atoms with Crippen molar-refractivity contribution in [1.29, 1.82) is 0 Å². The maximum absolute atomic E-state index is 12.3. The number of benzene rings is 2. The second-order valence-corrected chi connectivity index (χ2v) is 5.11. The van der Waals surface area contributed by atoms with Crippen LogP contribution in [0.25, 0.3) is 0 Å². The summed E-state index contributed by atoms with van der Waals surface area (Å²) in [5.74, 6) is -0.203. The van der Waals surface area contributed by atoms with Crippen LogP contribution in [0.15, 0.2) is 36.4 Å². The number of rotatable bonds is 2. The number of hydrogen-bond acceptors (Lipinski definition) is 1. The van der Waals surface area contributed by atoms with Gasteiger partial charge in [0.1, 0.15) is 0 Å². The van der Waals surface area contributed by atoms with Crippen molar-refractivity contribution in [3.63, 3.8) is 0 Å². The fourth-order valence-electron chi connectivity index (χ4n) is 1.61. The van der Waals surface area contributed by atoms with Crippen LogP contribution >= 0.6 is 34.8 Å². The Morgan fingerprint density at radius 2 is 1.56 bits per heavy atom. The van der Waals surface area contributed by atoms with E-state index in [4.69, 9.17) is 34.8 Å². The lowest BCUT2D eigenvalue weighted by atomic mass is 10.0. The van der Waals surface area contributed by atoms with Crippen molar-refractivity contribution in [2.24, 2.45) is 0 Å². The van der Waals surface area contributed by atoms with E-state index < -0.39 is 0 Å². The van der Waals surface area contributed by atoms with Crippen LogP contribution in [0, 0.1) is 6.92 Å². The molecule has 0 aliphatic rings. The van der Waals surface area contributed by atoms with Crippen molar-refractivity contribution < 1.29 is 4.79 Å². The fraction of sp³-hybridized carbons (Fsp3) is 0.0714. The average Bonchev–Trinajstić information content (AvgIpc) is 2.35. The van der Waals surface area contributed by atoms with Crippen LogP contribution in [-0.2, 0) is 0 Å². The van der Waals surface area contributed by atoms with E-state index in [-0.39, 0.29) is 5.78 Å². The summed E-state index contributed by atoms with van der Waals surface area (Å²) in [5, 5.41) is 1.32. The summed E-state index contributed by atoms with van der Waals surface area (Å²) in [6.07, 6.45) is 0. The SMILES string of the molecule is Cc1ccc(Cl)c(C(=O)c2ccc(Cl)cc2)c1Cl. The molecule has 0 fully saturated rings. The number of carbonyl (C=O) groups is 1. The molecule has 0 N–H and O–H groups in total. The maximum Gasteiger partial charge on any atom is 0.196 e. The third-order valence-corrected chi connectivity index (χ3v) is 3.67. The van der Waals surface area contributed by atoms with Gasteiger partial charge in [-0.1, -0.05) is 40.9 Å². The van der Waals surface area contributed by atoms with Gasteiger partial charge in [0.05, 0.1) is 15.6 Å². The zero-order chi connectivity index (χ0) is 13.3. The van der Waals surface area contributed by atoms with E-state index in [9.17, 15) is 4.79 Å². The van der Waals surface area contributed by atoms with Gasteiger partial charge in [0.15, 0.2) is 5.78 Å². The Hall–Kier alpha value is -1.02. The quantitative estimate of drug-likeness (QED) is 0.698. The van der Waals surface area contributed by atoms with E-state index in [0.717, 1.165) is 5.56 Å². The largest absolute Gasteiger partial charge is 0.288 e. The molecule has 0 atom stereocenters. The zero-order valence-electron chi connectivity index (χ0n) is 9.51. The summed E-state index contributed by atoms with van der Waals surface area (Å²) in [5.41, 5.74) is 1.66. The minimum Gasteiger partial charge on any atom is -0.288 e. The van der Waals surface area contributed by atoms with Crippen molar-refractivity contribution in [2.45, 2.75) is 6.92 Å². The zero-order valence-corrected chi connectivity index (χ0v) is 11.8. The molecule has 0 aliphatic heterocycles. The average molecular weight is 300 g/mol. The first-order valence-electron chi connectivity index (χ1n) is 5.25. The molecule has 2 aromatic carbocycles. The molecule has 92 valence electrons. The molecule has 2 rings (SSSR count). The van der Waals surface area contributed by atoms with Crippen LogP contribution in [0.5, 0.6) is 0 Å². The van der Waals surface area contributed by atoms with E-state index in [0.29, 0.717) is 26.2 Å². The lowest BCUT2D eigenvalue weighted by Gasteiger charge is -2.08. The summed E-state index contributed by atoms with van der Waals surface area (Å²) >= 11 is 18.0. The Morgan fingerprint density at radius 3 is 2.17 bits per heavy atom. The monoisotopic (exact) mass is 298 g/mol. The Labute approximate surface area is 120 Å². The predicted octanol–water partition coefficient (Wildman–Crippen LogP) is 5.19. The molecule has 0 bridgehead atoms. The Kier molecular flexibility index (Phi) is 3.96. The molecular formula is C14H9Cl3O. The van der Waals surface area contributed by atoms with E-state index in [1.54, 1.807) is 36.4 Å². The first kappa shape index (κ1) is 13.4. The molecule has 0 unspecified atom stereocenters. The Balaban J connectivity index is 2.52. The number of aryl methyl sites for hydroxylation is 1. The molecular weight excluding hydrogens is 291 g/mol. The second kappa shape index (κ2) is 5.31. The van der Waals surface area contributed by atoms with Crippen LogP contribution in [0.3, 0.4) is 0 Å². The van der Waals surface area contributed by atoms with Crippen molar-refractivity contribution in [3.8, 4) is 0 Å². The van der Waals surface area contributed by atoms with Gasteiger partial charge in [-0.2, -0.15) is 0 Å². The Bertz CT molecular complexity index is 603. The molecule has 18 heavy (non-hydrogen) atoms. The third kappa shape index (κ3) is 2.54. The molecule has 0 saturated carbocycles. The smallest absolute Gasteiger partial charge is 0.196 e. The lowest BCUT2D eigenvalue weighted by Crippen LogP contribution is -2.04. The molecule has 0 aliphatic carbocycles. The molecule has 0 heterocycles. The minimum atomic E-state index is -0.203. The van der Waals surface area contributed by atoms with Gasteiger partial charge in [-0.3, -0.25) is 4.79 Å². The van der Waals surface area contributed by atoms with E-state index in [2.05, 4.69) is 0 Å². The van der Waals surface area contributed by atoms with Crippen molar-refractivity contribution in [3.05, 3.63) is 68.2 Å². The molecule has 0 spiro atoms. The number of hydrogen-bond donors (Lipinski definition) is 0. The van der Waals surface area contributed by atoms with Gasteiger partial charge >= 0.3 is 0 Å². The molecule has 0 radical (unpaired) electrons. The predicted molar refractivity (Wildman–Crippen MR) is 76.1 cm³/mol. The summed E-state index contributed by atoms with van der Waals surface area (Å²) in [6.45, 7) is 1.83. The lowest BCUT2D eigenvalue weighted by molar-refractivity contribution is 0.103. The highest BCUT2D eigenvalue weighted by atomic mass is 35.5. The highest BCUT2D eigenvalue weighted by Crippen LogP contribution is 2.30. The highest BCUT2D eigenvalue weighted by Gasteiger charge is 2.17. The number of carbonyl (C=O) groups excluding carboxylic acids is 1. The van der Waals surface area contributed by atoms with Gasteiger partial charge < -0.3 is 0 Å². The minimum absolute atomic E-state index is 0.203. The number of ketones is 1. The van der Waals surface area contributed by atoms with Gasteiger partial charge in [0.25, 0.3) is 0 Å². The first-order valence-corrected chi connectivity index (χ1v) is 6.39. The van der Waals surface area contributed by atoms with Crippen molar-refractivity contribution >= 4 is 40.6 Å². The van der Waals surface area contributed by atoms with Crippen LogP contribution in [0.4, 0.5) is 0 Å². The highest BCUT2D eigenvalue weighted by molar-refractivity contribution is 6.41. The fourth-order valence-corrected chi connectivity index (χ4v) is 2.28. The van der Waals surface area contributed by atoms with Crippen LogP contribution in [-0.4, -0.2) is 5.78 Å². The van der Waals surface area contributed by atoms with Crippen molar-refractivity contribution in [1.82, 2.24) is 0 Å². The third-order valence-electron chi connectivity index (χ3n) is 2.62. The molecule has 0 aromatic heterocycles. The van der Waals surface area contributed by atoms with Gasteiger partial charge in [0.2, 0.25) is 0 Å². The summed E-state index contributed by atoms with van der Waals surface area (Å²) < 4.78 is 0. The molecule has 0 amide bonds. The van der Waals surface area contributed by atoms with Crippen LogP contribution < -0.4 is 0 Å². The molecule has 4 heteroatoms. The van der Waals surface area contributed by atoms with Crippen LogP contribution in [0.1, 0.15) is 21.5 Å². The molecule has 2 aromatic rings. The van der Waals surface area contributed by atoms with Crippen molar-refractivity contribution in [2.75, 3.05) is 0 Å². The van der Waals surface area contributed by atoms with E-state index in [1.807, 2.05) is 6.92 Å². The van der Waals surface area contributed by atoms with E-state index in [1.165, 1.54) is 0 Å². The van der Waals surface area contributed by atoms with Gasteiger partial charge in [-0.15, -0.1) is 0 Å². The summed E-state index contributed by atoms with van der Waals surface area (Å²) in [4.78, 5) is 12.3. The normalized spacial score (nSPS) is 10.4. The summed E-state index contributed by atoms with van der Waals surface area (Å²) in [7, 11) is 0.